The number of phenolic OH excluding ortho intramolecular Hbond substituents is 12. The molecular weight excluding hydrogens is 1340 g/mol. The van der Waals surface area contributed by atoms with Crippen molar-refractivity contribution in [1.29, 1.82) is 10.5 Å². The zero-order valence-electron chi connectivity index (χ0n) is 38.4. The Bertz CT molecular complexity index is 3270. The lowest BCUT2D eigenvalue weighted by Gasteiger charge is -2.10. The van der Waals surface area contributed by atoms with Crippen LogP contribution < -0.4 is 16.0 Å². The van der Waals surface area contributed by atoms with Crippen LogP contribution in [0, 0.1) is 33.2 Å². The third kappa shape index (κ3) is 17.8. The molecule has 15 N–H and O–H groups in total. The zero-order valence-corrected chi connectivity index (χ0v) is 47.8. The highest BCUT2D eigenvalue weighted by Crippen LogP contribution is 2.38. The topological polar surface area (TPSA) is 326 Å². The Morgan fingerprint density at radius 3 is 1.41 bits per heavy atom. The fourth-order valence-electron chi connectivity index (χ4n) is 6.03. The monoisotopic (exact) mass is 1370 g/mol. The maximum atomic E-state index is 9.76. The van der Waals surface area contributed by atoms with Crippen LogP contribution >= 0.6 is 107 Å². The molecule has 0 fully saturated rings. The molecule has 6 aromatic carbocycles. The number of nitriles is 2. The number of hydrogen-bond acceptors (Lipinski definition) is 17. The van der Waals surface area contributed by atoms with Gasteiger partial charge in [-0.05, 0) is 201 Å². The lowest BCUT2D eigenvalue weighted by Crippen LogP contribution is -2.22. The minimum absolute atomic E-state index is 0.124. The molecule has 0 atom stereocenters. The highest BCUT2D eigenvalue weighted by atomic mass is 127. The molecule has 0 aliphatic rings. The molecule has 6 aromatic rings. The molecular formula is C51H41Br3IN5O12S3. The predicted octanol–water partition coefficient (Wildman–Crippen LogP) is 10.9. The number of aryl methyl sites for hydroxylation is 1. The predicted molar refractivity (Wildman–Crippen MR) is 314 cm³/mol. The number of aromatic hydroxyl groups is 12. The normalized spacial score (nSPS) is 11.0. The second kappa shape index (κ2) is 28.0. The van der Waals surface area contributed by atoms with Crippen LogP contribution in [0.1, 0.15) is 38.9 Å². The molecule has 0 amide bonds. The maximum Gasteiger partial charge on any atom is 0.200 e. The van der Waals surface area contributed by atoms with E-state index in [0.29, 0.717) is 62.9 Å². The van der Waals surface area contributed by atoms with Crippen LogP contribution in [-0.4, -0.2) is 76.2 Å². The summed E-state index contributed by atoms with van der Waals surface area (Å²) in [5.74, 6) is -3.30. The molecule has 0 heterocycles. The largest absolute Gasteiger partial charge is 0.506 e. The molecule has 0 saturated heterocycles. The first-order chi connectivity index (χ1) is 35.3. The number of phenols is 12. The third-order valence-corrected chi connectivity index (χ3v) is 13.5. The first-order valence-electron chi connectivity index (χ1n) is 20.9. The summed E-state index contributed by atoms with van der Waals surface area (Å²) < 4.78 is 1.78. The molecule has 0 aliphatic heterocycles. The molecule has 388 valence electrons. The van der Waals surface area contributed by atoms with E-state index in [1.165, 1.54) is 54.6 Å². The fourth-order valence-corrected chi connectivity index (χ4v) is 8.73. The van der Waals surface area contributed by atoms with Crippen molar-refractivity contribution in [3.8, 4) is 81.1 Å². The summed E-state index contributed by atoms with van der Waals surface area (Å²) in [5, 5.41) is 142. The summed E-state index contributed by atoms with van der Waals surface area (Å²) in [6.45, 7) is 2.72. The van der Waals surface area contributed by atoms with Crippen LogP contribution in [0.4, 0.5) is 0 Å². The molecule has 24 heteroatoms. The lowest BCUT2D eigenvalue weighted by atomic mass is 10.1. The van der Waals surface area contributed by atoms with Crippen molar-refractivity contribution in [1.82, 2.24) is 16.0 Å². The average molecular weight is 1380 g/mol. The second-order valence-electron chi connectivity index (χ2n) is 15.4. The van der Waals surface area contributed by atoms with E-state index in [9.17, 15) is 71.8 Å². The first kappa shape index (κ1) is 60.5. The van der Waals surface area contributed by atoms with E-state index in [1.807, 2.05) is 34.7 Å². The minimum atomic E-state index is -0.630. The van der Waals surface area contributed by atoms with Gasteiger partial charge in [0.15, 0.2) is 63.2 Å². The molecule has 0 spiro atoms. The standard InChI is InChI=1S/C18H15BrN2O4S.C17H13IN2O4S.C16H13Br2NO4S/c1-9-2-11(4-13(19)16(9)24)8-21-18(26)12(7-20)3-10-5-14(22)17(25)15(23)6-10;18-12-4-10(6-15(23)16(12)24)3-11(7-19)17(25)20-8-9-1-2-13(21)14(22)5-9;17-10-3-8(5-12(20)15(10)22)1-2-14(24)19-7-9-4-11(18)16(23)13(21)6-9/h2-6,22-25H,8H2,1H3,(H,21,26);1-6,21-24H,8H2,(H,20,25);1-6,20-23H,7H2,(H,19,24)/b12-3+;11-3+;2-1+. The second-order valence-corrected chi connectivity index (χ2v) is 20.4. The van der Waals surface area contributed by atoms with E-state index in [4.69, 9.17) is 36.7 Å². The quantitative estimate of drug-likeness (QED) is 0.0178. The van der Waals surface area contributed by atoms with E-state index in [2.05, 4.69) is 63.7 Å². The highest BCUT2D eigenvalue weighted by Gasteiger charge is 2.13. The van der Waals surface area contributed by atoms with Crippen molar-refractivity contribution in [2.45, 2.75) is 26.6 Å². The number of halogens is 4. The lowest BCUT2D eigenvalue weighted by molar-refractivity contribution is 0.368. The van der Waals surface area contributed by atoms with Gasteiger partial charge in [0.1, 0.15) is 27.9 Å². The molecule has 6 rings (SSSR count). The van der Waals surface area contributed by atoms with Crippen LogP contribution in [0.25, 0.3) is 18.2 Å². The van der Waals surface area contributed by atoms with Gasteiger partial charge in [0.25, 0.3) is 0 Å². The molecule has 75 heavy (non-hydrogen) atoms. The SMILES string of the molecule is Cc1cc(CNC(=S)/C(C#N)=C/c2cc(O)c(O)c(O)c2)cc(Br)c1O.N#C/C(=C\c1cc(O)c(O)c(I)c1)C(=S)NCc1ccc(O)c(O)c1.Oc1cc(/C=C/C(=S)NCc2cc(O)c(O)c(Br)c2)cc(Br)c1O. The van der Waals surface area contributed by atoms with Crippen molar-refractivity contribution < 1.29 is 61.3 Å². The van der Waals surface area contributed by atoms with Crippen LogP contribution in [0.2, 0.25) is 0 Å². The van der Waals surface area contributed by atoms with E-state index < -0.39 is 17.2 Å². The van der Waals surface area contributed by atoms with Gasteiger partial charge >= 0.3 is 0 Å². The Kier molecular flexibility index (Phi) is 22.6. The van der Waals surface area contributed by atoms with Crippen molar-refractivity contribution in [3.63, 3.8) is 0 Å². The van der Waals surface area contributed by atoms with Gasteiger partial charge in [-0.25, -0.2) is 0 Å². The van der Waals surface area contributed by atoms with Crippen LogP contribution in [0.3, 0.4) is 0 Å². The van der Waals surface area contributed by atoms with E-state index in [-0.39, 0.29) is 79.4 Å². The average Bonchev–Trinajstić information content (AvgIpc) is 3.36. The van der Waals surface area contributed by atoms with E-state index >= 15 is 0 Å². The Morgan fingerprint density at radius 2 is 0.920 bits per heavy atom. The van der Waals surface area contributed by atoms with Crippen LogP contribution in [0.15, 0.2) is 110 Å². The number of nitrogens with one attached hydrogen (secondary N) is 3. The van der Waals surface area contributed by atoms with E-state index in [1.54, 1.807) is 55.5 Å². The number of benzene rings is 6. The molecule has 0 radical (unpaired) electrons. The number of hydrogen-bond donors (Lipinski definition) is 15. The molecule has 17 nitrogen and oxygen atoms in total. The molecule has 0 aromatic heterocycles. The van der Waals surface area contributed by atoms with Crippen molar-refractivity contribution in [2.75, 3.05) is 0 Å². The van der Waals surface area contributed by atoms with Gasteiger partial charge < -0.3 is 77.2 Å². The summed E-state index contributed by atoms with van der Waals surface area (Å²) in [4.78, 5) is 0.821. The smallest absolute Gasteiger partial charge is 0.200 e. The summed E-state index contributed by atoms with van der Waals surface area (Å²) in [5.41, 5.74) is 4.75. The molecule has 0 bridgehead atoms. The maximum absolute atomic E-state index is 9.76. The molecule has 0 saturated carbocycles. The van der Waals surface area contributed by atoms with Gasteiger partial charge in [-0.15, -0.1) is 0 Å². The Labute approximate surface area is 483 Å². The van der Waals surface area contributed by atoms with E-state index in [0.717, 1.165) is 11.1 Å². The summed E-state index contributed by atoms with van der Waals surface area (Å²) in [6, 6.07) is 23.3. The minimum Gasteiger partial charge on any atom is -0.506 e. The van der Waals surface area contributed by atoms with Crippen molar-refractivity contribution in [2.24, 2.45) is 0 Å². The number of thiocarbonyl (C=S) groups is 3. The van der Waals surface area contributed by atoms with Gasteiger partial charge in [0.2, 0.25) is 0 Å². The Balaban J connectivity index is 0.000000244. The van der Waals surface area contributed by atoms with Gasteiger partial charge in [-0.1, -0.05) is 54.9 Å². The highest BCUT2D eigenvalue weighted by molar-refractivity contribution is 14.1. The van der Waals surface area contributed by atoms with Crippen molar-refractivity contribution >= 4 is 140 Å². The molecule has 0 unspecified atom stereocenters. The van der Waals surface area contributed by atoms with Gasteiger partial charge in [-0.3, -0.25) is 0 Å². The van der Waals surface area contributed by atoms with Gasteiger partial charge in [0, 0.05) is 19.6 Å². The number of nitrogens with zero attached hydrogens (tertiary/aromatic N) is 2. The summed E-state index contributed by atoms with van der Waals surface area (Å²) >= 11 is 27.0. The first-order valence-corrected chi connectivity index (χ1v) is 25.6. The van der Waals surface area contributed by atoms with Gasteiger partial charge in [0.05, 0.1) is 33.1 Å². The number of rotatable bonds is 12. The summed E-state index contributed by atoms with van der Waals surface area (Å²) in [6.07, 6.45) is 6.20. The summed E-state index contributed by atoms with van der Waals surface area (Å²) in [7, 11) is 0. The van der Waals surface area contributed by atoms with Crippen LogP contribution in [-0.2, 0) is 19.6 Å². The Morgan fingerprint density at radius 1 is 0.493 bits per heavy atom. The van der Waals surface area contributed by atoms with Crippen LogP contribution in [0.5, 0.6) is 69.0 Å². The Hall–Kier alpha value is -7.04. The fraction of sp³-hybridized carbons (Fsp3) is 0.0784. The molecule has 0 aliphatic carbocycles. The van der Waals surface area contributed by atoms with Crippen molar-refractivity contribution in [3.05, 3.63) is 152 Å². The van der Waals surface area contributed by atoms with Gasteiger partial charge in [-0.2, -0.15) is 10.5 Å². The third-order valence-electron chi connectivity index (χ3n) is 9.83. The zero-order chi connectivity index (χ0) is 55.8.